The van der Waals surface area contributed by atoms with E-state index in [1.165, 1.54) is 22.7 Å². The quantitative estimate of drug-likeness (QED) is 0.348. The van der Waals surface area contributed by atoms with Gasteiger partial charge in [0.2, 0.25) is 5.60 Å². The van der Waals surface area contributed by atoms with Crippen LogP contribution in [0.2, 0.25) is 0 Å². The number of likely N-dealkylation sites (tertiary alicyclic amines) is 1. The van der Waals surface area contributed by atoms with Crippen LogP contribution in [0.4, 0.5) is 13.2 Å². The standard InChI is InChI=1S/C22H27N2O3S2.C2HF3O2/c1-24(13-6-12-23-10-2-3-11-23)14-9-18(17-24)27-21(25)22(26,19-7-4-15-28-19)20-8-5-16-29-20;3-2(4,5)1(6)7/h2-5,7-8,10-11,15-16,18,26H,6,9,12-14,17H2,1H3;(H,6,7)/q+1;/p-1. The normalized spacial score (nSPS) is 20.0. The Kier molecular flexibility index (Phi) is 8.98. The highest BCUT2D eigenvalue weighted by Crippen LogP contribution is 2.37. The number of thiophene rings is 2. The van der Waals surface area contributed by atoms with Crippen LogP contribution in [0.25, 0.3) is 0 Å². The van der Waals surface area contributed by atoms with Crippen molar-refractivity contribution >= 4 is 34.6 Å². The lowest BCUT2D eigenvalue weighted by Gasteiger charge is -2.30. The monoisotopic (exact) mass is 544 g/mol. The van der Waals surface area contributed by atoms with Crippen LogP contribution in [0.1, 0.15) is 22.6 Å². The SMILES string of the molecule is C[N+]1(CCCn2cccc2)CCC(OC(=O)C(O)(c2cccs2)c2cccs2)C1.O=C([O-])C(F)(F)F. The molecule has 196 valence electrons. The molecule has 1 saturated heterocycles. The first-order valence-electron chi connectivity index (χ1n) is 11.2. The number of carboxylic acid groups (broad SMARTS) is 1. The van der Waals surface area contributed by atoms with Gasteiger partial charge in [-0.3, -0.25) is 0 Å². The molecule has 1 aliphatic rings. The molecule has 2 atom stereocenters. The number of carbonyl (C=O) groups excluding carboxylic acids is 2. The summed E-state index contributed by atoms with van der Waals surface area (Å²) >= 11 is 2.75. The third-order valence-electron chi connectivity index (χ3n) is 5.97. The Balaban J connectivity index is 0.000000454. The van der Waals surface area contributed by atoms with Gasteiger partial charge < -0.3 is 28.8 Å². The fraction of sp³-hybridized carbons (Fsp3) is 0.417. The maximum atomic E-state index is 13.1. The molecular weight excluding hydrogens is 517 g/mol. The molecule has 0 saturated carbocycles. The largest absolute Gasteiger partial charge is 0.542 e. The van der Waals surface area contributed by atoms with Crippen LogP contribution in [-0.2, 0) is 26.5 Å². The number of quaternary nitrogens is 1. The lowest BCUT2D eigenvalue weighted by Crippen LogP contribution is -2.45. The van der Waals surface area contributed by atoms with Crippen molar-refractivity contribution in [2.75, 3.05) is 26.7 Å². The van der Waals surface area contributed by atoms with Crippen LogP contribution >= 0.6 is 22.7 Å². The Hall–Kier alpha value is -2.67. The van der Waals surface area contributed by atoms with Gasteiger partial charge in [0.15, 0.2) is 6.10 Å². The molecule has 0 aromatic carbocycles. The van der Waals surface area contributed by atoms with Crippen LogP contribution in [0, 0.1) is 0 Å². The smallest absolute Gasteiger partial charge is 0.430 e. The van der Waals surface area contributed by atoms with E-state index in [2.05, 4.69) is 24.0 Å². The number of hydrogen-bond donors (Lipinski definition) is 1. The van der Waals surface area contributed by atoms with Crippen molar-refractivity contribution in [2.24, 2.45) is 0 Å². The van der Waals surface area contributed by atoms with Gasteiger partial charge in [0, 0.05) is 31.8 Å². The van der Waals surface area contributed by atoms with Gasteiger partial charge in [-0.05, 0) is 35.0 Å². The minimum Gasteiger partial charge on any atom is -0.542 e. The van der Waals surface area contributed by atoms with Crippen LogP contribution < -0.4 is 5.11 Å². The van der Waals surface area contributed by atoms with Gasteiger partial charge in [-0.25, -0.2) is 4.79 Å². The average molecular weight is 545 g/mol. The number of aromatic nitrogens is 1. The Morgan fingerprint density at radius 2 is 1.69 bits per heavy atom. The van der Waals surface area contributed by atoms with Gasteiger partial charge >= 0.3 is 12.1 Å². The van der Waals surface area contributed by atoms with Crippen molar-refractivity contribution in [2.45, 2.75) is 37.3 Å². The van der Waals surface area contributed by atoms with E-state index in [-0.39, 0.29) is 6.10 Å². The molecule has 0 amide bonds. The number of aryl methyl sites for hydroxylation is 1. The fourth-order valence-electron chi connectivity index (χ4n) is 4.11. The third-order valence-corrected chi connectivity index (χ3v) is 7.93. The van der Waals surface area contributed by atoms with Crippen LogP contribution in [0.5, 0.6) is 0 Å². The number of rotatable bonds is 8. The zero-order valence-electron chi connectivity index (χ0n) is 19.5. The summed E-state index contributed by atoms with van der Waals surface area (Å²) < 4.78 is 40.5. The molecule has 0 aliphatic carbocycles. The number of halogens is 3. The van der Waals surface area contributed by atoms with Crippen LogP contribution in [-0.4, -0.2) is 65.1 Å². The maximum absolute atomic E-state index is 13.1. The first-order valence-corrected chi connectivity index (χ1v) is 12.9. The summed E-state index contributed by atoms with van der Waals surface area (Å²) in [5, 5.41) is 23.9. The summed E-state index contributed by atoms with van der Waals surface area (Å²) in [4.78, 5) is 23.1. The fourth-order valence-corrected chi connectivity index (χ4v) is 5.83. The molecule has 0 spiro atoms. The molecule has 0 radical (unpaired) electrons. The summed E-state index contributed by atoms with van der Waals surface area (Å²) in [5.41, 5.74) is -1.72. The van der Waals surface area contributed by atoms with Crippen LogP contribution in [0.15, 0.2) is 59.6 Å². The van der Waals surface area contributed by atoms with Crippen LogP contribution in [0.3, 0.4) is 0 Å². The van der Waals surface area contributed by atoms with Gasteiger partial charge in [-0.2, -0.15) is 13.2 Å². The van der Waals surface area contributed by atoms with E-state index in [1.54, 1.807) is 12.1 Å². The molecule has 3 aromatic heterocycles. The topological polar surface area (TPSA) is 91.6 Å². The Labute approximate surface area is 214 Å². The first-order chi connectivity index (χ1) is 16.9. The Bertz CT molecular complexity index is 1070. The number of likely N-dealkylation sites (N-methyl/N-ethyl adjacent to an activating group) is 1. The summed E-state index contributed by atoms with van der Waals surface area (Å²) in [6, 6.07) is 11.4. The van der Waals surface area contributed by atoms with Crippen molar-refractivity contribution in [3.63, 3.8) is 0 Å². The second-order valence-electron chi connectivity index (χ2n) is 8.79. The van der Waals surface area contributed by atoms with E-state index >= 15 is 0 Å². The number of hydrogen-bond acceptors (Lipinski definition) is 7. The summed E-state index contributed by atoms with van der Waals surface area (Å²) in [7, 11) is 2.23. The third kappa shape index (κ3) is 6.96. The van der Waals surface area contributed by atoms with E-state index in [4.69, 9.17) is 14.6 Å². The van der Waals surface area contributed by atoms with Crippen molar-refractivity contribution in [1.29, 1.82) is 0 Å². The molecule has 0 bridgehead atoms. The predicted molar refractivity (Wildman–Crippen MR) is 127 cm³/mol. The number of aliphatic hydroxyl groups is 1. The molecule has 7 nitrogen and oxygen atoms in total. The molecule has 1 N–H and O–H groups in total. The molecule has 12 heteroatoms. The Morgan fingerprint density at radius 1 is 1.14 bits per heavy atom. The Morgan fingerprint density at radius 3 is 2.17 bits per heavy atom. The molecule has 1 aliphatic heterocycles. The molecule has 2 unspecified atom stereocenters. The lowest BCUT2D eigenvalue weighted by molar-refractivity contribution is -0.899. The van der Waals surface area contributed by atoms with E-state index in [9.17, 15) is 23.1 Å². The number of carboxylic acids is 1. The van der Waals surface area contributed by atoms with E-state index < -0.39 is 23.7 Å². The maximum Gasteiger partial charge on any atom is 0.430 e. The average Bonchev–Trinajstić information content (AvgIpc) is 3.61. The van der Waals surface area contributed by atoms with Gasteiger partial charge in [-0.1, -0.05) is 12.1 Å². The highest BCUT2D eigenvalue weighted by Gasteiger charge is 2.46. The summed E-state index contributed by atoms with van der Waals surface area (Å²) in [6.07, 6.45) is 0.733. The lowest BCUT2D eigenvalue weighted by atomic mass is 10.00. The summed E-state index contributed by atoms with van der Waals surface area (Å²) in [6.45, 7) is 3.83. The van der Waals surface area contributed by atoms with Gasteiger partial charge in [0.25, 0.3) is 0 Å². The predicted octanol–water partition coefficient (Wildman–Crippen LogP) is 3.00. The van der Waals surface area contributed by atoms with E-state index in [0.29, 0.717) is 9.75 Å². The van der Waals surface area contributed by atoms with E-state index in [0.717, 1.165) is 43.5 Å². The molecule has 3 aromatic rings. The van der Waals surface area contributed by atoms with Gasteiger partial charge in [-0.15, -0.1) is 22.7 Å². The highest BCUT2D eigenvalue weighted by molar-refractivity contribution is 7.12. The molecule has 4 rings (SSSR count). The second-order valence-corrected chi connectivity index (χ2v) is 10.7. The number of nitrogens with zero attached hydrogens (tertiary/aromatic N) is 2. The van der Waals surface area contributed by atoms with Crippen molar-refractivity contribution in [3.05, 3.63) is 69.3 Å². The van der Waals surface area contributed by atoms with E-state index in [1.807, 2.05) is 35.0 Å². The van der Waals surface area contributed by atoms with Gasteiger partial charge in [0.05, 0.1) is 29.9 Å². The zero-order chi connectivity index (χ0) is 26.4. The van der Waals surface area contributed by atoms with Gasteiger partial charge in [0.1, 0.15) is 12.5 Å². The first kappa shape index (κ1) is 27.9. The minimum atomic E-state index is -5.19. The number of alkyl halides is 3. The van der Waals surface area contributed by atoms with Crippen molar-refractivity contribution < 1.29 is 42.2 Å². The van der Waals surface area contributed by atoms with Crippen molar-refractivity contribution in [1.82, 2.24) is 4.57 Å². The van der Waals surface area contributed by atoms with Crippen molar-refractivity contribution in [3.8, 4) is 0 Å². The number of aliphatic carboxylic acids is 1. The molecule has 1 fully saturated rings. The minimum absolute atomic E-state index is 0.162. The number of carbonyl (C=O) groups is 2. The molecule has 4 heterocycles. The number of esters is 1. The second kappa shape index (κ2) is 11.6. The molecular formula is C24H27F3N2O5S2. The highest BCUT2D eigenvalue weighted by atomic mass is 32.1. The summed E-state index contributed by atoms with van der Waals surface area (Å²) in [5.74, 6) is -3.57. The number of ether oxygens (including phenoxy) is 1. The zero-order valence-corrected chi connectivity index (χ0v) is 21.2. The molecule has 36 heavy (non-hydrogen) atoms.